The highest BCUT2D eigenvalue weighted by molar-refractivity contribution is 6.58. The summed E-state index contributed by atoms with van der Waals surface area (Å²) in [6.07, 6.45) is 1.77. The van der Waals surface area contributed by atoms with E-state index < -0.39 is 5.97 Å². The summed E-state index contributed by atoms with van der Waals surface area (Å²) >= 11 is 0. The molecule has 1 heterocycles. The van der Waals surface area contributed by atoms with Gasteiger partial charge in [-0.15, -0.1) is 0 Å². The van der Waals surface area contributed by atoms with Crippen molar-refractivity contribution >= 4 is 36.7 Å². The van der Waals surface area contributed by atoms with E-state index in [1.807, 2.05) is 30.3 Å². The summed E-state index contributed by atoms with van der Waals surface area (Å²) in [6.45, 7) is 6.34. The van der Waals surface area contributed by atoms with Gasteiger partial charge in [-0.25, -0.2) is 4.79 Å². The van der Waals surface area contributed by atoms with Crippen molar-refractivity contribution in [1.82, 2.24) is 0 Å². The lowest BCUT2D eigenvalue weighted by molar-refractivity contribution is 0.0733. The number of nitrogens with zero attached hydrogens (tertiary/aromatic N) is 1. The number of para-hydroxylation sites is 1. The minimum atomic E-state index is -0.509. The minimum Gasteiger partial charge on any atom is -0.422 e. The minimum absolute atomic E-state index is 0.00539. The van der Waals surface area contributed by atoms with Gasteiger partial charge in [-0.05, 0) is 58.4 Å². The van der Waals surface area contributed by atoms with E-state index in [9.17, 15) is 9.59 Å². The number of esters is 1. The lowest BCUT2D eigenvalue weighted by atomic mass is 9.83. The summed E-state index contributed by atoms with van der Waals surface area (Å²) in [6, 6.07) is 19.6. The van der Waals surface area contributed by atoms with Gasteiger partial charge in [-0.1, -0.05) is 51.1 Å². The number of anilines is 1. The van der Waals surface area contributed by atoms with E-state index in [1.165, 1.54) is 0 Å². The van der Waals surface area contributed by atoms with Crippen LogP contribution in [-0.2, 0) is 5.41 Å². The Morgan fingerprint density at radius 2 is 1.71 bits per heavy atom. The quantitative estimate of drug-likeness (QED) is 0.400. The van der Waals surface area contributed by atoms with E-state index in [4.69, 9.17) is 4.74 Å². The zero-order valence-corrected chi connectivity index (χ0v) is 17.7. The van der Waals surface area contributed by atoms with E-state index in [2.05, 4.69) is 31.0 Å². The van der Waals surface area contributed by atoms with Gasteiger partial charge in [0.2, 0.25) is 0 Å². The number of amides is 1. The van der Waals surface area contributed by atoms with E-state index >= 15 is 0 Å². The van der Waals surface area contributed by atoms with Gasteiger partial charge in [-0.3, -0.25) is 4.79 Å². The molecule has 0 bridgehead atoms. The second-order valence-electron chi connectivity index (χ2n) is 8.42. The van der Waals surface area contributed by atoms with Crippen molar-refractivity contribution in [3.05, 3.63) is 89.0 Å². The molecule has 31 heavy (non-hydrogen) atoms. The Hall–Kier alpha value is -3.67. The molecule has 1 N–H and O–H groups in total. The zero-order valence-electron chi connectivity index (χ0n) is 17.7. The summed E-state index contributed by atoms with van der Waals surface area (Å²) in [7, 11) is 1.74. The molecule has 0 spiro atoms. The summed E-state index contributed by atoms with van der Waals surface area (Å²) in [5.74, 6) is -0.656. The van der Waals surface area contributed by atoms with E-state index in [0.29, 0.717) is 11.3 Å². The molecule has 0 fully saturated rings. The van der Waals surface area contributed by atoms with Gasteiger partial charge in [0.1, 0.15) is 5.75 Å². The van der Waals surface area contributed by atoms with Gasteiger partial charge < -0.3 is 15.0 Å². The van der Waals surface area contributed by atoms with Crippen LogP contribution in [0.4, 0.5) is 5.69 Å². The first-order chi connectivity index (χ1) is 14.8. The predicted molar refractivity (Wildman–Crippen MR) is 124 cm³/mol. The molecule has 3 aromatic carbocycles. The van der Waals surface area contributed by atoms with Crippen LogP contribution in [0.5, 0.6) is 5.75 Å². The average Bonchev–Trinajstić information content (AvgIpc) is 3.21. The fourth-order valence-corrected chi connectivity index (χ4v) is 3.29. The Morgan fingerprint density at radius 3 is 2.45 bits per heavy atom. The number of hydrogen-bond donors (Lipinski definition) is 1. The number of rotatable bonds is 4. The maximum absolute atomic E-state index is 12.9. The number of hydrogen-bond acceptors (Lipinski definition) is 4. The summed E-state index contributed by atoms with van der Waals surface area (Å²) in [5, 5.41) is 2.86. The first kappa shape index (κ1) is 20.6. The molecule has 1 radical (unpaired) electrons. The Bertz CT molecular complexity index is 1180. The summed E-state index contributed by atoms with van der Waals surface area (Å²) < 4.78 is 5.56. The third-order valence-corrected chi connectivity index (χ3v) is 5.09. The molecule has 4 rings (SSSR count). The van der Waals surface area contributed by atoms with Crippen molar-refractivity contribution in [3.63, 3.8) is 0 Å². The molecule has 0 saturated carbocycles. The Labute approximate surface area is 182 Å². The Balaban J connectivity index is 1.50. The molecular formula is C25H22BN2O3. The van der Waals surface area contributed by atoms with Crippen LogP contribution in [0.1, 0.15) is 52.6 Å². The van der Waals surface area contributed by atoms with Crippen LogP contribution < -0.4 is 15.5 Å². The molecule has 153 valence electrons. The van der Waals surface area contributed by atoms with Crippen LogP contribution in [0.2, 0.25) is 0 Å². The Morgan fingerprint density at radius 1 is 0.968 bits per heavy atom. The number of ether oxygens (including phenoxy) is 1. The number of carbonyl (C=O) groups excluding carboxylic acids is 2. The molecule has 0 atom stereocenters. The standard InChI is InChI=1S/C25H22BN2O3/c1-25(2,3)18-11-8-16(9-12-18)24(30)31-22-7-5-4-6-20(22)23(29)28-19-13-10-17-15-27-26-21(17)14-19/h4-15H,1-3H3,(H,28,29). The highest BCUT2D eigenvalue weighted by Crippen LogP contribution is 2.24. The molecule has 0 aliphatic carbocycles. The maximum atomic E-state index is 12.9. The number of nitrogens with one attached hydrogen (secondary N) is 1. The SMILES string of the molecule is CC(C)(C)c1ccc(C(=O)Oc2ccccc2C(=O)Nc2ccc3c(c2)[B]N=C3)cc1. The highest BCUT2D eigenvalue weighted by atomic mass is 16.5. The van der Waals surface area contributed by atoms with Crippen LogP contribution >= 0.6 is 0 Å². The van der Waals surface area contributed by atoms with Gasteiger partial charge in [0, 0.05) is 11.9 Å². The largest absolute Gasteiger partial charge is 0.422 e. The molecular weight excluding hydrogens is 387 g/mol. The Kier molecular flexibility index (Phi) is 5.47. The number of benzene rings is 3. The normalized spacial score (nSPS) is 12.1. The fraction of sp³-hybridized carbons (Fsp3) is 0.160. The lowest BCUT2D eigenvalue weighted by Crippen LogP contribution is -2.18. The lowest BCUT2D eigenvalue weighted by Gasteiger charge is -2.19. The molecule has 0 aromatic heterocycles. The smallest absolute Gasteiger partial charge is 0.343 e. The van der Waals surface area contributed by atoms with Crippen LogP contribution in [0, 0.1) is 0 Å². The van der Waals surface area contributed by atoms with E-state index in [-0.39, 0.29) is 22.6 Å². The monoisotopic (exact) mass is 409 g/mol. The van der Waals surface area contributed by atoms with Gasteiger partial charge in [0.25, 0.3) is 5.91 Å². The molecule has 3 aromatic rings. The molecule has 5 nitrogen and oxygen atoms in total. The van der Waals surface area contributed by atoms with Crippen molar-refractivity contribution in [2.24, 2.45) is 4.90 Å². The van der Waals surface area contributed by atoms with Crippen molar-refractivity contribution in [2.45, 2.75) is 26.2 Å². The third kappa shape index (κ3) is 4.58. The molecule has 1 amide bonds. The number of carbonyl (C=O) groups is 2. The van der Waals surface area contributed by atoms with Crippen LogP contribution in [0.3, 0.4) is 0 Å². The van der Waals surface area contributed by atoms with Gasteiger partial charge in [0.15, 0.2) is 0 Å². The summed E-state index contributed by atoms with van der Waals surface area (Å²) in [4.78, 5) is 29.6. The number of fused-ring (bicyclic) bond motifs is 1. The van der Waals surface area contributed by atoms with Crippen LogP contribution in [0.25, 0.3) is 0 Å². The fourth-order valence-electron chi connectivity index (χ4n) is 3.29. The molecule has 0 saturated heterocycles. The first-order valence-corrected chi connectivity index (χ1v) is 10.0. The van der Waals surface area contributed by atoms with Crippen molar-refractivity contribution in [3.8, 4) is 5.75 Å². The van der Waals surface area contributed by atoms with Gasteiger partial charge in [-0.2, -0.15) is 0 Å². The van der Waals surface area contributed by atoms with E-state index in [1.54, 1.807) is 50.0 Å². The highest BCUT2D eigenvalue weighted by Gasteiger charge is 2.19. The average molecular weight is 409 g/mol. The second kappa shape index (κ2) is 8.22. The molecule has 6 heteroatoms. The van der Waals surface area contributed by atoms with E-state index in [0.717, 1.165) is 16.6 Å². The van der Waals surface area contributed by atoms with Crippen molar-refractivity contribution in [2.75, 3.05) is 5.32 Å². The van der Waals surface area contributed by atoms with Crippen molar-refractivity contribution in [1.29, 1.82) is 0 Å². The second-order valence-corrected chi connectivity index (χ2v) is 8.42. The van der Waals surface area contributed by atoms with Crippen LogP contribution in [-0.4, -0.2) is 25.5 Å². The first-order valence-electron chi connectivity index (χ1n) is 10.0. The van der Waals surface area contributed by atoms with Gasteiger partial charge >= 0.3 is 13.4 Å². The van der Waals surface area contributed by atoms with Gasteiger partial charge in [0.05, 0.1) is 11.1 Å². The van der Waals surface area contributed by atoms with Crippen molar-refractivity contribution < 1.29 is 14.3 Å². The zero-order chi connectivity index (χ0) is 22.0. The molecule has 1 aliphatic rings. The maximum Gasteiger partial charge on any atom is 0.343 e. The topological polar surface area (TPSA) is 67.8 Å². The van der Waals surface area contributed by atoms with Crippen LogP contribution in [0.15, 0.2) is 71.6 Å². The third-order valence-electron chi connectivity index (χ3n) is 5.09. The molecule has 1 aliphatic heterocycles. The summed E-state index contributed by atoms with van der Waals surface area (Å²) in [5.41, 5.74) is 4.42. The molecule has 0 unspecified atom stereocenters. The predicted octanol–water partition coefficient (Wildman–Crippen LogP) is 4.13.